The zero-order chi connectivity index (χ0) is 13.7. The van der Waals surface area contributed by atoms with Gasteiger partial charge in [0, 0.05) is 13.1 Å². The van der Waals surface area contributed by atoms with Gasteiger partial charge < -0.3 is 15.4 Å². The largest absolute Gasteiger partial charge is 0.378 e. The highest BCUT2D eigenvalue weighted by Crippen LogP contribution is 2.09. The Bertz CT molecular complexity index is 440. The van der Waals surface area contributed by atoms with E-state index < -0.39 is 0 Å². The Hall–Kier alpha value is -1.39. The van der Waals surface area contributed by atoms with Gasteiger partial charge in [-0.1, -0.05) is 18.2 Å². The van der Waals surface area contributed by atoms with Crippen molar-refractivity contribution in [1.82, 2.24) is 10.6 Å². The van der Waals surface area contributed by atoms with Crippen molar-refractivity contribution in [3.8, 4) is 0 Å². The summed E-state index contributed by atoms with van der Waals surface area (Å²) in [6.45, 7) is 6.78. The van der Waals surface area contributed by atoms with Gasteiger partial charge in [-0.25, -0.2) is 0 Å². The highest BCUT2D eigenvalue weighted by atomic mass is 16.5. The van der Waals surface area contributed by atoms with Gasteiger partial charge in [0.1, 0.15) is 6.04 Å². The average molecular weight is 262 g/mol. The van der Waals surface area contributed by atoms with Gasteiger partial charge in [0.05, 0.1) is 13.2 Å². The molecule has 1 heterocycles. The number of aryl methyl sites for hydroxylation is 2. The molecule has 0 saturated carbocycles. The third kappa shape index (κ3) is 4.04. The minimum Gasteiger partial charge on any atom is -0.378 e. The zero-order valence-corrected chi connectivity index (χ0v) is 11.7. The molecule has 1 aromatic rings. The molecule has 2 N–H and O–H groups in total. The zero-order valence-electron chi connectivity index (χ0n) is 11.7. The van der Waals surface area contributed by atoms with Crippen LogP contribution in [0.1, 0.15) is 16.7 Å². The van der Waals surface area contributed by atoms with Crippen LogP contribution in [0.5, 0.6) is 0 Å². The van der Waals surface area contributed by atoms with Crippen LogP contribution in [0.2, 0.25) is 0 Å². The van der Waals surface area contributed by atoms with Crippen LogP contribution in [0.15, 0.2) is 18.2 Å². The Balaban J connectivity index is 1.76. The molecule has 1 amide bonds. The lowest BCUT2D eigenvalue weighted by Crippen LogP contribution is -2.51. The number of hydrogen-bond donors (Lipinski definition) is 2. The molecule has 104 valence electrons. The Labute approximate surface area is 114 Å². The standard InChI is InChI=1S/C15H22N2O2/c1-11-3-4-13(9-12(11)2)5-6-17-15(18)14-10-19-8-7-16-14/h3-4,9,14,16H,5-8,10H2,1-2H3,(H,17,18). The Morgan fingerprint density at radius 3 is 2.95 bits per heavy atom. The molecule has 1 fully saturated rings. The lowest BCUT2D eigenvalue weighted by atomic mass is 10.0. The molecule has 1 atom stereocenters. The van der Waals surface area contributed by atoms with Gasteiger partial charge in [-0.2, -0.15) is 0 Å². The number of carbonyl (C=O) groups excluding carboxylic acids is 1. The third-order valence-electron chi connectivity index (χ3n) is 3.52. The molecule has 0 spiro atoms. The Morgan fingerprint density at radius 1 is 1.42 bits per heavy atom. The predicted octanol–water partition coefficient (Wildman–Crippen LogP) is 0.951. The molecule has 0 aliphatic carbocycles. The summed E-state index contributed by atoms with van der Waals surface area (Å²) in [5.41, 5.74) is 3.86. The molecule has 1 unspecified atom stereocenters. The highest BCUT2D eigenvalue weighted by molar-refractivity contribution is 5.81. The van der Waals surface area contributed by atoms with E-state index in [0.717, 1.165) is 13.0 Å². The van der Waals surface area contributed by atoms with Gasteiger partial charge in [0.2, 0.25) is 5.91 Å². The van der Waals surface area contributed by atoms with Gasteiger partial charge in [-0.15, -0.1) is 0 Å². The van der Waals surface area contributed by atoms with Gasteiger partial charge in [-0.3, -0.25) is 4.79 Å². The molecular formula is C15H22N2O2. The van der Waals surface area contributed by atoms with Gasteiger partial charge in [-0.05, 0) is 37.0 Å². The Kier molecular flexibility index (Phi) is 4.93. The molecule has 1 aliphatic heterocycles. The van der Waals surface area contributed by atoms with E-state index in [0.29, 0.717) is 19.8 Å². The molecule has 4 nitrogen and oxygen atoms in total. The van der Waals surface area contributed by atoms with E-state index >= 15 is 0 Å². The van der Waals surface area contributed by atoms with Crippen LogP contribution in [0.3, 0.4) is 0 Å². The van der Waals surface area contributed by atoms with Crippen molar-refractivity contribution in [1.29, 1.82) is 0 Å². The van der Waals surface area contributed by atoms with Crippen LogP contribution in [0, 0.1) is 13.8 Å². The molecule has 0 bridgehead atoms. The minimum absolute atomic E-state index is 0.0310. The summed E-state index contributed by atoms with van der Waals surface area (Å²) >= 11 is 0. The van der Waals surface area contributed by atoms with Crippen molar-refractivity contribution in [3.05, 3.63) is 34.9 Å². The summed E-state index contributed by atoms with van der Waals surface area (Å²) in [5.74, 6) is 0.0310. The van der Waals surface area contributed by atoms with E-state index in [-0.39, 0.29) is 11.9 Å². The second kappa shape index (κ2) is 6.68. The monoisotopic (exact) mass is 262 g/mol. The van der Waals surface area contributed by atoms with Gasteiger partial charge >= 0.3 is 0 Å². The topological polar surface area (TPSA) is 50.4 Å². The van der Waals surface area contributed by atoms with Crippen LogP contribution in [0.4, 0.5) is 0 Å². The first kappa shape index (κ1) is 14.0. The normalized spacial score (nSPS) is 19.2. The van der Waals surface area contributed by atoms with Crippen LogP contribution >= 0.6 is 0 Å². The van der Waals surface area contributed by atoms with Crippen molar-refractivity contribution in [2.75, 3.05) is 26.3 Å². The van der Waals surface area contributed by atoms with Crippen molar-refractivity contribution in [2.24, 2.45) is 0 Å². The smallest absolute Gasteiger partial charge is 0.239 e. The number of carbonyl (C=O) groups is 1. The number of hydrogen-bond acceptors (Lipinski definition) is 3. The average Bonchev–Trinajstić information content (AvgIpc) is 2.43. The second-order valence-electron chi connectivity index (χ2n) is 5.04. The number of morpholine rings is 1. The van der Waals surface area contributed by atoms with Crippen LogP contribution < -0.4 is 10.6 Å². The molecule has 4 heteroatoms. The number of ether oxygens (including phenoxy) is 1. The van der Waals surface area contributed by atoms with Gasteiger partial charge in [0.15, 0.2) is 0 Å². The van der Waals surface area contributed by atoms with E-state index in [4.69, 9.17) is 4.74 Å². The molecular weight excluding hydrogens is 240 g/mol. The third-order valence-corrected chi connectivity index (χ3v) is 3.52. The fraction of sp³-hybridized carbons (Fsp3) is 0.533. The van der Waals surface area contributed by atoms with Crippen LogP contribution in [-0.4, -0.2) is 38.3 Å². The first-order valence-corrected chi connectivity index (χ1v) is 6.82. The quantitative estimate of drug-likeness (QED) is 0.849. The maximum Gasteiger partial charge on any atom is 0.239 e. The maximum absolute atomic E-state index is 11.9. The molecule has 2 rings (SSSR count). The van der Waals surface area contributed by atoms with Crippen molar-refractivity contribution in [3.63, 3.8) is 0 Å². The summed E-state index contributed by atoms with van der Waals surface area (Å²) < 4.78 is 5.27. The van der Waals surface area contributed by atoms with E-state index in [1.54, 1.807) is 0 Å². The van der Waals surface area contributed by atoms with Crippen molar-refractivity contribution in [2.45, 2.75) is 26.3 Å². The molecule has 1 aromatic carbocycles. The minimum atomic E-state index is -0.200. The summed E-state index contributed by atoms with van der Waals surface area (Å²) in [6.07, 6.45) is 0.862. The Morgan fingerprint density at radius 2 is 2.26 bits per heavy atom. The summed E-state index contributed by atoms with van der Waals surface area (Å²) in [5, 5.41) is 6.10. The van der Waals surface area contributed by atoms with E-state index in [9.17, 15) is 4.79 Å². The second-order valence-corrected chi connectivity index (χ2v) is 5.04. The highest BCUT2D eigenvalue weighted by Gasteiger charge is 2.20. The lowest BCUT2D eigenvalue weighted by Gasteiger charge is -2.22. The summed E-state index contributed by atoms with van der Waals surface area (Å²) in [4.78, 5) is 11.9. The van der Waals surface area contributed by atoms with Crippen molar-refractivity contribution >= 4 is 5.91 Å². The van der Waals surface area contributed by atoms with Gasteiger partial charge in [0.25, 0.3) is 0 Å². The number of benzene rings is 1. The molecule has 0 aromatic heterocycles. The summed E-state index contributed by atoms with van der Waals surface area (Å²) in [7, 11) is 0. The SMILES string of the molecule is Cc1ccc(CCNC(=O)C2COCCN2)cc1C. The van der Waals surface area contributed by atoms with Crippen molar-refractivity contribution < 1.29 is 9.53 Å². The number of amides is 1. The first-order valence-electron chi connectivity index (χ1n) is 6.82. The number of nitrogens with one attached hydrogen (secondary N) is 2. The molecule has 0 radical (unpaired) electrons. The molecule has 1 saturated heterocycles. The maximum atomic E-state index is 11.9. The van der Waals surface area contributed by atoms with Crippen LogP contribution in [0.25, 0.3) is 0 Å². The fourth-order valence-electron chi connectivity index (χ4n) is 2.15. The lowest BCUT2D eigenvalue weighted by molar-refractivity contribution is -0.125. The number of rotatable bonds is 4. The fourth-order valence-corrected chi connectivity index (χ4v) is 2.15. The molecule has 19 heavy (non-hydrogen) atoms. The van der Waals surface area contributed by atoms with E-state index in [1.807, 2.05) is 0 Å². The molecule has 1 aliphatic rings. The van der Waals surface area contributed by atoms with E-state index in [2.05, 4.69) is 42.7 Å². The summed E-state index contributed by atoms with van der Waals surface area (Å²) in [6, 6.07) is 6.23. The predicted molar refractivity (Wildman–Crippen MR) is 75.2 cm³/mol. The van der Waals surface area contributed by atoms with E-state index in [1.165, 1.54) is 16.7 Å². The van der Waals surface area contributed by atoms with Crippen LogP contribution in [-0.2, 0) is 16.0 Å². The first-order chi connectivity index (χ1) is 9.16.